The predicted molar refractivity (Wildman–Crippen MR) is 79.7 cm³/mol. The van der Waals surface area contributed by atoms with Crippen LogP contribution in [0, 0.1) is 0 Å². The molecule has 3 rings (SSSR count). The third-order valence-electron chi connectivity index (χ3n) is 3.74. The summed E-state index contributed by atoms with van der Waals surface area (Å²) in [6, 6.07) is 6.34. The lowest BCUT2D eigenvalue weighted by molar-refractivity contribution is 0.0356. The number of sulfone groups is 1. The second-order valence-electron chi connectivity index (χ2n) is 5.36. The second-order valence-corrected chi connectivity index (χ2v) is 7.59. The van der Waals surface area contributed by atoms with E-state index in [0.717, 1.165) is 0 Å². The van der Waals surface area contributed by atoms with E-state index in [1.165, 1.54) is 0 Å². The van der Waals surface area contributed by atoms with Gasteiger partial charge in [-0.05, 0) is 30.7 Å². The number of rotatable bonds is 3. The largest absolute Gasteiger partial charge is 0.458 e. The molecule has 2 fully saturated rings. The van der Waals surface area contributed by atoms with Crippen LogP contribution in [-0.2, 0) is 14.6 Å². The molecular weight excluding hydrogens is 308 g/mol. The Hall–Kier alpha value is -2.09. The van der Waals surface area contributed by atoms with Gasteiger partial charge in [0, 0.05) is 18.8 Å². The Kier molecular flexibility index (Phi) is 3.78. The summed E-state index contributed by atoms with van der Waals surface area (Å²) in [6.45, 7) is 1.18. The average molecular weight is 324 g/mol. The number of hydrogen-bond acceptors (Lipinski definition) is 5. The highest BCUT2D eigenvalue weighted by atomic mass is 32.2. The average Bonchev–Trinajstić information content (AvgIpc) is 3.04. The molecular formula is C14H16N2O5S. The van der Waals surface area contributed by atoms with Crippen molar-refractivity contribution in [3.05, 3.63) is 29.8 Å². The van der Waals surface area contributed by atoms with Gasteiger partial charge >= 0.3 is 12.0 Å². The molecule has 1 aromatic carbocycles. The Bertz CT molecular complexity index is 698. The summed E-state index contributed by atoms with van der Waals surface area (Å²) in [5.41, 5.74) is 1.04. The monoisotopic (exact) mass is 324 g/mol. The van der Waals surface area contributed by atoms with Crippen molar-refractivity contribution < 1.29 is 22.7 Å². The molecule has 118 valence electrons. The zero-order valence-electron chi connectivity index (χ0n) is 11.8. The van der Waals surface area contributed by atoms with E-state index in [1.807, 2.05) is 0 Å². The fraction of sp³-hybridized carbons (Fsp3) is 0.429. The summed E-state index contributed by atoms with van der Waals surface area (Å²) in [7, 11) is -3.08. The first-order valence-electron chi connectivity index (χ1n) is 7.01. The molecule has 0 bridgehead atoms. The lowest BCUT2D eigenvalue weighted by atomic mass is 10.2. The molecule has 2 amide bonds. The number of hydrogen-bond donors (Lipinski definition) is 1. The van der Waals surface area contributed by atoms with Crippen LogP contribution < -0.4 is 10.2 Å². The fourth-order valence-electron chi connectivity index (χ4n) is 2.57. The summed E-state index contributed by atoms with van der Waals surface area (Å²) in [6.07, 6.45) is -0.221. The number of ether oxygens (including phenoxy) is 1. The number of amides is 2. The van der Waals surface area contributed by atoms with Crippen LogP contribution in [0.3, 0.4) is 0 Å². The van der Waals surface area contributed by atoms with Crippen molar-refractivity contribution in [1.29, 1.82) is 0 Å². The highest BCUT2D eigenvalue weighted by Gasteiger charge is 2.31. The van der Waals surface area contributed by atoms with Gasteiger partial charge < -0.3 is 10.1 Å². The van der Waals surface area contributed by atoms with Gasteiger partial charge in [0.15, 0.2) is 9.84 Å². The molecule has 0 aliphatic carbocycles. The van der Waals surface area contributed by atoms with Crippen molar-refractivity contribution in [2.45, 2.75) is 12.5 Å². The van der Waals surface area contributed by atoms with Crippen molar-refractivity contribution in [2.75, 3.05) is 29.5 Å². The maximum absolute atomic E-state index is 12.0. The molecule has 2 saturated heterocycles. The number of nitrogens with one attached hydrogen (secondary N) is 1. The second kappa shape index (κ2) is 5.60. The van der Waals surface area contributed by atoms with Crippen LogP contribution in [0.4, 0.5) is 10.5 Å². The SMILES string of the molecule is O=C(OC1CCS(=O)(=O)C1)c1ccc(N2CCNC2=O)cc1. The Morgan fingerprint density at radius 3 is 2.55 bits per heavy atom. The Morgan fingerprint density at radius 2 is 2.00 bits per heavy atom. The van der Waals surface area contributed by atoms with E-state index in [9.17, 15) is 18.0 Å². The van der Waals surface area contributed by atoms with Gasteiger partial charge in [-0.25, -0.2) is 18.0 Å². The van der Waals surface area contributed by atoms with Gasteiger partial charge in [-0.1, -0.05) is 0 Å². The van der Waals surface area contributed by atoms with Gasteiger partial charge in [0.2, 0.25) is 0 Å². The topological polar surface area (TPSA) is 92.8 Å². The van der Waals surface area contributed by atoms with E-state index in [2.05, 4.69) is 5.32 Å². The minimum Gasteiger partial charge on any atom is -0.458 e. The number of anilines is 1. The molecule has 0 saturated carbocycles. The van der Waals surface area contributed by atoms with Crippen LogP contribution in [0.1, 0.15) is 16.8 Å². The molecule has 8 heteroatoms. The molecule has 22 heavy (non-hydrogen) atoms. The first-order chi connectivity index (χ1) is 10.4. The molecule has 0 aromatic heterocycles. The van der Waals surface area contributed by atoms with Crippen LogP contribution in [-0.4, -0.2) is 51.1 Å². The number of nitrogens with zero attached hydrogens (tertiary/aromatic N) is 1. The van der Waals surface area contributed by atoms with Gasteiger partial charge in [-0.2, -0.15) is 0 Å². The Balaban J connectivity index is 1.65. The lowest BCUT2D eigenvalue weighted by Crippen LogP contribution is -2.27. The van der Waals surface area contributed by atoms with Gasteiger partial charge in [-0.15, -0.1) is 0 Å². The summed E-state index contributed by atoms with van der Waals surface area (Å²) < 4.78 is 27.9. The highest BCUT2D eigenvalue weighted by molar-refractivity contribution is 7.91. The molecule has 0 radical (unpaired) electrons. The summed E-state index contributed by atoms with van der Waals surface area (Å²) >= 11 is 0. The van der Waals surface area contributed by atoms with E-state index in [4.69, 9.17) is 4.74 Å². The zero-order chi connectivity index (χ0) is 15.7. The summed E-state index contributed by atoms with van der Waals surface area (Å²) in [4.78, 5) is 25.1. The zero-order valence-corrected chi connectivity index (χ0v) is 12.6. The lowest BCUT2D eigenvalue weighted by Gasteiger charge is -2.15. The third-order valence-corrected chi connectivity index (χ3v) is 5.47. The molecule has 1 atom stereocenters. The Morgan fingerprint density at radius 1 is 1.27 bits per heavy atom. The summed E-state index contributed by atoms with van der Waals surface area (Å²) in [5, 5.41) is 2.70. The van der Waals surface area contributed by atoms with E-state index in [-0.39, 0.29) is 17.5 Å². The van der Waals surface area contributed by atoms with Gasteiger partial charge in [0.1, 0.15) is 6.10 Å². The quantitative estimate of drug-likeness (QED) is 0.820. The number of carbonyl (C=O) groups excluding carboxylic acids is 2. The molecule has 7 nitrogen and oxygen atoms in total. The number of esters is 1. The standard InChI is InChI=1S/C14H16N2O5S/c17-13(21-12-5-8-22(19,20)9-12)10-1-3-11(4-2-10)16-7-6-15-14(16)18/h1-4,12H,5-9H2,(H,15,18). The van der Waals surface area contributed by atoms with Crippen LogP contribution in [0.5, 0.6) is 0 Å². The maximum Gasteiger partial charge on any atom is 0.338 e. The molecule has 2 aliphatic heterocycles. The van der Waals surface area contributed by atoms with Crippen LogP contribution in [0.25, 0.3) is 0 Å². The molecule has 2 heterocycles. The van der Waals surface area contributed by atoms with Crippen molar-refractivity contribution in [3.63, 3.8) is 0 Å². The maximum atomic E-state index is 12.0. The number of urea groups is 1. The van der Waals surface area contributed by atoms with E-state index in [0.29, 0.717) is 30.8 Å². The highest BCUT2D eigenvalue weighted by Crippen LogP contribution is 2.20. The third kappa shape index (κ3) is 3.06. The minimum atomic E-state index is -3.08. The normalized spacial score (nSPS) is 23.4. The van der Waals surface area contributed by atoms with Gasteiger partial charge in [0.25, 0.3) is 0 Å². The molecule has 1 aromatic rings. The smallest absolute Gasteiger partial charge is 0.338 e. The van der Waals surface area contributed by atoms with Crippen LogP contribution in [0.15, 0.2) is 24.3 Å². The van der Waals surface area contributed by atoms with Crippen LogP contribution in [0.2, 0.25) is 0 Å². The van der Waals surface area contributed by atoms with Crippen molar-refractivity contribution in [3.8, 4) is 0 Å². The first-order valence-corrected chi connectivity index (χ1v) is 8.83. The molecule has 1 unspecified atom stereocenters. The van der Waals surface area contributed by atoms with Gasteiger partial charge in [-0.3, -0.25) is 4.90 Å². The van der Waals surface area contributed by atoms with Gasteiger partial charge in [0.05, 0.1) is 17.1 Å². The Labute approximate surface area is 128 Å². The number of carbonyl (C=O) groups is 2. The van der Waals surface area contributed by atoms with Crippen LogP contribution >= 0.6 is 0 Å². The van der Waals surface area contributed by atoms with E-state index < -0.39 is 21.9 Å². The van der Waals surface area contributed by atoms with Crippen molar-refractivity contribution >= 4 is 27.5 Å². The van der Waals surface area contributed by atoms with E-state index >= 15 is 0 Å². The predicted octanol–water partition coefficient (Wildman–Crippen LogP) is 0.560. The summed E-state index contributed by atoms with van der Waals surface area (Å²) in [5.74, 6) is -0.585. The molecule has 2 aliphatic rings. The molecule has 0 spiro atoms. The van der Waals surface area contributed by atoms with E-state index in [1.54, 1.807) is 29.2 Å². The minimum absolute atomic E-state index is 0.0634. The fourth-order valence-corrected chi connectivity index (χ4v) is 4.16. The van der Waals surface area contributed by atoms with Crippen molar-refractivity contribution in [1.82, 2.24) is 5.32 Å². The first kappa shape index (κ1) is 14.8. The van der Waals surface area contributed by atoms with Crippen molar-refractivity contribution in [2.24, 2.45) is 0 Å². The number of benzene rings is 1. The molecule has 1 N–H and O–H groups in total.